The van der Waals surface area contributed by atoms with Crippen molar-refractivity contribution < 1.29 is 9.53 Å². The Morgan fingerprint density at radius 2 is 2.23 bits per heavy atom. The van der Waals surface area contributed by atoms with Gasteiger partial charge in [0.2, 0.25) is 0 Å². The van der Waals surface area contributed by atoms with E-state index in [0.29, 0.717) is 25.5 Å². The van der Waals surface area contributed by atoms with Crippen LogP contribution in [0.15, 0.2) is 22.5 Å². The highest BCUT2D eigenvalue weighted by Gasteiger charge is 2.06. The lowest BCUT2D eigenvalue weighted by atomic mass is 10.1. The zero-order valence-electron chi connectivity index (χ0n) is 13.7. The molecule has 6 heteroatoms. The third-order valence-electron chi connectivity index (χ3n) is 3.05. The fraction of sp³-hybridized carbons (Fsp3) is 0.625. The second kappa shape index (κ2) is 11.1. The molecule has 0 aliphatic rings. The summed E-state index contributed by atoms with van der Waals surface area (Å²) in [7, 11) is 0. The van der Waals surface area contributed by atoms with E-state index in [1.165, 1.54) is 4.88 Å². The van der Waals surface area contributed by atoms with Crippen molar-refractivity contribution in [2.45, 2.75) is 39.5 Å². The Balaban J connectivity index is 2.34. The predicted molar refractivity (Wildman–Crippen MR) is 92.6 cm³/mol. The number of hydrogen-bond acceptors (Lipinski definition) is 4. The molecule has 0 bridgehead atoms. The van der Waals surface area contributed by atoms with Crippen LogP contribution < -0.4 is 10.6 Å². The van der Waals surface area contributed by atoms with E-state index >= 15 is 0 Å². The molecule has 1 aromatic rings. The second-order valence-corrected chi connectivity index (χ2v) is 5.95. The van der Waals surface area contributed by atoms with Gasteiger partial charge in [-0.3, -0.25) is 9.79 Å². The first-order chi connectivity index (χ1) is 10.7. The van der Waals surface area contributed by atoms with Crippen LogP contribution >= 0.6 is 11.3 Å². The number of guanidine groups is 1. The molecule has 0 saturated carbocycles. The van der Waals surface area contributed by atoms with E-state index in [1.807, 2.05) is 13.8 Å². The molecule has 1 heterocycles. The van der Waals surface area contributed by atoms with Crippen molar-refractivity contribution in [3.05, 3.63) is 22.4 Å². The molecule has 22 heavy (non-hydrogen) atoms. The van der Waals surface area contributed by atoms with Crippen LogP contribution in [0.2, 0.25) is 0 Å². The van der Waals surface area contributed by atoms with Crippen molar-refractivity contribution in [2.75, 3.05) is 26.2 Å². The molecule has 124 valence electrons. The first-order valence-electron chi connectivity index (χ1n) is 7.88. The fourth-order valence-electron chi connectivity index (χ4n) is 1.90. The van der Waals surface area contributed by atoms with Gasteiger partial charge < -0.3 is 15.4 Å². The van der Waals surface area contributed by atoms with Crippen LogP contribution in [0.3, 0.4) is 0 Å². The Morgan fingerprint density at radius 3 is 2.86 bits per heavy atom. The van der Waals surface area contributed by atoms with Gasteiger partial charge >= 0.3 is 5.97 Å². The molecule has 0 aromatic carbocycles. The van der Waals surface area contributed by atoms with Crippen LogP contribution in [-0.4, -0.2) is 38.2 Å². The number of nitrogens with zero attached hydrogens (tertiary/aromatic N) is 1. The van der Waals surface area contributed by atoms with Gasteiger partial charge in [-0.25, -0.2) is 0 Å². The summed E-state index contributed by atoms with van der Waals surface area (Å²) in [6, 6.07) is 4.21. The molecule has 0 aliphatic heterocycles. The zero-order valence-corrected chi connectivity index (χ0v) is 14.5. The number of aliphatic imine (C=N–C) groups is 1. The second-order valence-electron chi connectivity index (χ2n) is 4.97. The SMILES string of the molecule is CCNC(=NCC(C)c1cccs1)NCCCC(=O)OCC. The van der Waals surface area contributed by atoms with Gasteiger partial charge in [0.05, 0.1) is 13.2 Å². The quantitative estimate of drug-likeness (QED) is 0.317. The minimum absolute atomic E-state index is 0.141. The molecular formula is C16H27N3O2S. The lowest BCUT2D eigenvalue weighted by Crippen LogP contribution is -2.38. The first kappa shape index (κ1) is 18.5. The summed E-state index contributed by atoms with van der Waals surface area (Å²) in [5.74, 6) is 1.07. The summed E-state index contributed by atoms with van der Waals surface area (Å²) >= 11 is 1.76. The highest BCUT2D eigenvalue weighted by Crippen LogP contribution is 2.20. The fourth-order valence-corrected chi connectivity index (χ4v) is 2.68. The van der Waals surface area contributed by atoms with Crippen LogP contribution in [-0.2, 0) is 9.53 Å². The number of nitrogens with one attached hydrogen (secondary N) is 2. The molecule has 5 nitrogen and oxygen atoms in total. The lowest BCUT2D eigenvalue weighted by Gasteiger charge is -2.12. The minimum atomic E-state index is -0.141. The maximum atomic E-state index is 11.3. The Labute approximate surface area is 137 Å². The molecular weight excluding hydrogens is 298 g/mol. The van der Waals surface area contributed by atoms with Gasteiger partial charge in [0, 0.05) is 30.3 Å². The Morgan fingerprint density at radius 1 is 1.41 bits per heavy atom. The van der Waals surface area contributed by atoms with Crippen molar-refractivity contribution in [2.24, 2.45) is 4.99 Å². The molecule has 0 aliphatic carbocycles. The summed E-state index contributed by atoms with van der Waals surface area (Å²) in [5, 5.41) is 8.57. The van der Waals surface area contributed by atoms with Crippen molar-refractivity contribution in [3.63, 3.8) is 0 Å². The van der Waals surface area contributed by atoms with E-state index in [0.717, 1.165) is 25.5 Å². The van der Waals surface area contributed by atoms with E-state index in [-0.39, 0.29) is 5.97 Å². The molecule has 0 radical (unpaired) electrons. The molecule has 1 atom stereocenters. The lowest BCUT2D eigenvalue weighted by molar-refractivity contribution is -0.143. The number of thiophene rings is 1. The maximum Gasteiger partial charge on any atom is 0.305 e. The Bertz CT molecular complexity index is 446. The molecule has 1 unspecified atom stereocenters. The summed E-state index contributed by atoms with van der Waals surface area (Å²) in [4.78, 5) is 17.2. The number of hydrogen-bond donors (Lipinski definition) is 2. The van der Waals surface area contributed by atoms with Gasteiger partial charge in [-0.15, -0.1) is 11.3 Å². The number of carbonyl (C=O) groups is 1. The van der Waals surface area contributed by atoms with Crippen LogP contribution in [0.25, 0.3) is 0 Å². The molecule has 0 amide bonds. The smallest absolute Gasteiger partial charge is 0.305 e. The van der Waals surface area contributed by atoms with E-state index in [4.69, 9.17) is 4.74 Å². The van der Waals surface area contributed by atoms with E-state index in [1.54, 1.807) is 11.3 Å². The van der Waals surface area contributed by atoms with Gasteiger partial charge in [0.15, 0.2) is 5.96 Å². The third kappa shape index (κ3) is 7.45. The Hall–Kier alpha value is -1.56. The third-order valence-corrected chi connectivity index (χ3v) is 4.16. The van der Waals surface area contributed by atoms with Crippen molar-refractivity contribution >= 4 is 23.3 Å². The van der Waals surface area contributed by atoms with E-state index < -0.39 is 0 Å². The van der Waals surface area contributed by atoms with Crippen LogP contribution in [0, 0.1) is 0 Å². The van der Waals surface area contributed by atoms with E-state index in [9.17, 15) is 4.79 Å². The zero-order chi connectivity index (χ0) is 16.2. The molecule has 2 N–H and O–H groups in total. The van der Waals surface area contributed by atoms with Crippen LogP contribution in [0.5, 0.6) is 0 Å². The van der Waals surface area contributed by atoms with Gasteiger partial charge in [0.1, 0.15) is 0 Å². The average Bonchev–Trinajstić information content (AvgIpc) is 3.03. The monoisotopic (exact) mass is 325 g/mol. The summed E-state index contributed by atoms with van der Waals surface area (Å²) < 4.78 is 4.91. The first-order valence-corrected chi connectivity index (χ1v) is 8.76. The van der Waals surface area contributed by atoms with Gasteiger partial charge in [-0.05, 0) is 31.7 Å². The maximum absolute atomic E-state index is 11.3. The molecule has 0 spiro atoms. The molecule has 0 saturated heterocycles. The summed E-state index contributed by atoms with van der Waals surface area (Å²) in [5.41, 5.74) is 0. The Kier molecular flexibility index (Phi) is 9.30. The number of esters is 1. The summed E-state index contributed by atoms with van der Waals surface area (Å²) in [6.45, 7) is 8.75. The van der Waals surface area contributed by atoms with E-state index in [2.05, 4.69) is 40.1 Å². The van der Waals surface area contributed by atoms with Crippen LogP contribution in [0.1, 0.15) is 44.4 Å². The number of ether oxygens (including phenoxy) is 1. The highest BCUT2D eigenvalue weighted by atomic mass is 32.1. The largest absolute Gasteiger partial charge is 0.466 e. The van der Waals surface area contributed by atoms with Gasteiger partial charge in [0.25, 0.3) is 0 Å². The summed E-state index contributed by atoms with van der Waals surface area (Å²) in [6.07, 6.45) is 1.18. The highest BCUT2D eigenvalue weighted by molar-refractivity contribution is 7.10. The van der Waals surface area contributed by atoms with Crippen LogP contribution in [0.4, 0.5) is 0 Å². The minimum Gasteiger partial charge on any atom is -0.466 e. The standard InChI is InChI=1S/C16H27N3O2S/c1-4-17-16(18-10-6-9-15(20)21-5-2)19-12-13(3)14-8-7-11-22-14/h7-8,11,13H,4-6,9-10,12H2,1-3H3,(H2,17,18,19). The van der Waals surface area contributed by atoms with Crippen molar-refractivity contribution in [1.82, 2.24) is 10.6 Å². The topological polar surface area (TPSA) is 62.7 Å². The normalized spacial score (nSPS) is 12.8. The number of carbonyl (C=O) groups excluding carboxylic acids is 1. The molecule has 1 aromatic heterocycles. The predicted octanol–water partition coefficient (Wildman–Crippen LogP) is 2.75. The number of rotatable bonds is 9. The van der Waals surface area contributed by atoms with Crippen molar-refractivity contribution in [1.29, 1.82) is 0 Å². The average molecular weight is 325 g/mol. The van der Waals surface area contributed by atoms with Gasteiger partial charge in [-0.1, -0.05) is 13.0 Å². The molecule has 1 rings (SSSR count). The van der Waals surface area contributed by atoms with Crippen molar-refractivity contribution in [3.8, 4) is 0 Å². The van der Waals surface area contributed by atoms with Gasteiger partial charge in [-0.2, -0.15) is 0 Å². The molecule has 0 fully saturated rings.